The van der Waals surface area contributed by atoms with Gasteiger partial charge in [-0.2, -0.15) is 0 Å². The average molecular weight is 355 g/mol. The topological polar surface area (TPSA) is 51.2 Å². The van der Waals surface area contributed by atoms with Crippen LogP contribution in [0.1, 0.15) is 16.3 Å². The highest BCUT2D eigenvalue weighted by atomic mass is 79.9. The van der Waals surface area contributed by atoms with E-state index in [0.29, 0.717) is 19.6 Å². The van der Waals surface area contributed by atoms with Gasteiger partial charge in [-0.15, -0.1) is 11.3 Å². The molecule has 2 rings (SSSR count). The van der Waals surface area contributed by atoms with E-state index in [-0.39, 0.29) is 5.91 Å². The summed E-state index contributed by atoms with van der Waals surface area (Å²) in [6.07, 6.45) is 2.13. The number of nitrogens with zero attached hydrogens (tertiary/aromatic N) is 1. The molecule has 1 heterocycles. The zero-order chi connectivity index (χ0) is 14.4. The second-order valence-electron chi connectivity index (χ2n) is 4.18. The summed E-state index contributed by atoms with van der Waals surface area (Å²) >= 11 is 4.96. The van der Waals surface area contributed by atoms with Gasteiger partial charge in [0.05, 0.1) is 24.6 Å². The smallest absolute Gasteiger partial charge is 0.223 e. The SMILES string of the molecule is Cc1ncc(CNC(=O)CCOc2cccc(Br)c2)s1. The lowest BCUT2D eigenvalue weighted by Gasteiger charge is -2.06. The molecule has 0 fully saturated rings. The first-order valence-electron chi connectivity index (χ1n) is 6.20. The van der Waals surface area contributed by atoms with E-state index < -0.39 is 0 Å². The van der Waals surface area contributed by atoms with Gasteiger partial charge in [0.1, 0.15) is 5.75 Å². The van der Waals surface area contributed by atoms with Gasteiger partial charge in [0.2, 0.25) is 5.91 Å². The lowest BCUT2D eigenvalue weighted by atomic mass is 10.3. The molecule has 0 radical (unpaired) electrons. The van der Waals surface area contributed by atoms with Gasteiger partial charge >= 0.3 is 0 Å². The molecule has 0 unspecified atom stereocenters. The number of rotatable bonds is 6. The van der Waals surface area contributed by atoms with Crippen LogP contribution in [0.2, 0.25) is 0 Å². The van der Waals surface area contributed by atoms with Crippen molar-refractivity contribution in [3.63, 3.8) is 0 Å². The number of ether oxygens (including phenoxy) is 1. The van der Waals surface area contributed by atoms with Crippen LogP contribution in [0.3, 0.4) is 0 Å². The Morgan fingerprint density at radius 3 is 3.05 bits per heavy atom. The lowest BCUT2D eigenvalue weighted by Crippen LogP contribution is -2.24. The van der Waals surface area contributed by atoms with Crippen LogP contribution in [0.5, 0.6) is 5.75 Å². The fraction of sp³-hybridized carbons (Fsp3) is 0.286. The molecule has 6 heteroatoms. The molecule has 1 aromatic carbocycles. The minimum atomic E-state index is -0.0222. The molecule has 0 spiro atoms. The van der Waals surface area contributed by atoms with Crippen LogP contribution in [-0.4, -0.2) is 17.5 Å². The lowest BCUT2D eigenvalue weighted by molar-refractivity contribution is -0.121. The number of aromatic nitrogens is 1. The molecule has 1 amide bonds. The highest BCUT2D eigenvalue weighted by molar-refractivity contribution is 9.10. The van der Waals surface area contributed by atoms with Crippen LogP contribution in [-0.2, 0) is 11.3 Å². The van der Waals surface area contributed by atoms with Crippen LogP contribution in [0, 0.1) is 6.92 Å². The van der Waals surface area contributed by atoms with E-state index in [0.717, 1.165) is 20.1 Å². The summed E-state index contributed by atoms with van der Waals surface area (Å²) in [7, 11) is 0. The van der Waals surface area contributed by atoms with Crippen molar-refractivity contribution in [3.05, 3.63) is 44.8 Å². The van der Waals surface area contributed by atoms with Crippen LogP contribution in [0.4, 0.5) is 0 Å². The van der Waals surface area contributed by atoms with Crippen molar-refractivity contribution in [2.24, 2.45) is 0 Å². The largest absolute Gasteiger partial charge is 0.493 e. The molecule has 0 atom stereocenters. The molecule has 0 bridgehead atoms. The predicted octanol–water partition coefficient (Wildman–Crippen LogP) is 3.30. The first-order valence-corrected chi connectivity index (χ1v) is 7.81. The number of carbonyl (C=O) groups excluding carboxylic acids is 1. The zero-order valence-electron chi connectivity index (χ0n) is 11.1. The van der Waals surface area contributed by atoms with Crippen LogP contribution < -0.4 is 10.1 Å². The maximum absolute atomic E-state index is 11.7. The van der Waals surface area contributed by atoms with E-state index in [4.69, 9.17) is 4.74 Å². The Bertz CT molecular complexity index is 586. The van der Waals surface area contributed by atoms with Crippen molar-refractivity contribution in [2.45, 2.75) is 19.9 Å². The molecule has 0 aliphatic carbocycles. The predicted molar refractivity (Wildman–Crippen MR) is 83.0 cm³/mol. The van der Waals surface area contributed by atoms with Gasteiger partial charge in [-0.05, 0) is 25.1 Å². The van der Waals surface area contributed by atoms with Gasteiger partial charge in [-0.25, -0.2) is 4.98 Å². The summed E-state index contributed by atoms with van der Waals surface area (Å²) in [5.74, 6) is 0.733. The van der Waals surface area contributed by atoms with Crippen molar-refractivity contribution in [1.82, 2.24) is 10.3 Å². The molecule has 0 aliphatic rings. The Morgan fingerprint density at radius 1 is 1.50 bits per heavy atom. The van der Waals surface area contributed by atoms with E-state index in [1.54, 1.807) is 17.5 Å². The Kier molecular flexibility index (Phi) is 5.55. The molecule has 1 aromatic heterocycles. The highest BCUT2D eigenvalue weighted by Gasteiger charge is 2.04. The Morgan fingerprint density at radius 2 is 2.35 bits per heavy atom. The van der Waals surface area contributed by atoms with Crippen molar-refractivity contribution in [1.29, 1.82) is 0 Å². The van der Waals surface area contributed by atoms with Crippen molar-refractivity contribution in [3.8, 4) is 5.75 Å². The zero-order valence-corrected chi connectivity index (χ0v) is 13.5. The number of carbonyl (C=O) groups is 1. The third kappa shape index (κ3) is 4.94. The Hall–Kier alpha value is -1.40. The van der Waals surface area contributed by atoms with Gasteiger partial charge < -0.3 is 10.1 Å². The van der Waals surface area contributed by atoms with Gasteiger partial charge in [0, 0.05) is 15.5 Å². The van der Waals surface area contributed by atoms with Gasteiger partial charge in [-0.3, -0.25) is 4.79 Å². The van der Waals surface area contributed by atoms with E-state index >= 15 is 0 Å². The summed E-state index contributed by atoms with van der Waals surface area (Å²) in [4.78, 5) is 16.9. The second kappa shape index (κ2) is 7.40. The normalized spacial score (nSPS) is 10.3. The summed E-state index contributed by atoms with van der Waals surface area (Å²) in [5, 5.41) is 3.86. The Labute approximate surface area is 130 Å². The molecule has 0 saturated heterocycles. The fourth-order valence-corrected chi connectivity index (χ4v) is 2.69. The molecular formula is C14H15BrN2O2S. The maximum Gasteiger partial charge on any atom is 0.223 e. The average Bonchev–Trinajstić information content (AvgIpc) is 2.82. The molecular weight excluding hydrogens is 340 g/mol. The van der Waals surface area contributed by atoms with E-state index in [1.165, 1.54) is 0 Å². The Balaban J connectivity index is 1.67. The third-order valence-corrected chi connectivity index (χ3v) is 3.93. The monoisotopic (exact) mass is 354 g/mol. The molecule has 20 heavy (non-hydrogen) atoms. The number of hydrogen-bond donors (Lipinski definition) is 1. The summed E-state index contributed by atoms with van der Waals surface area (Å²) in [5.41, 5.74) is 0. The number of thiazole rings is 1. The number of aryl methyl sites for hydroxylation is 1. The van der Waals surface area contributed by atoms with E-state index in [2.05, 4.69) is 26.2 Å². The molecule has 2 aromatic rings. The number of hydrogen-bond acceptors (Lipinski definition) is 4. The molecule has 0 saturated carbocycles. The van der Waals surface area contributed by atoms with Crippen LogP contribution >= 0.6 is 27.3 Å². The summed E-state index contributed by atoms with van der Waals surface area (Å²) in [6, 6.07) is 7.56. The van der Waals surface area contributed by atoms with Crippen LogP contribution in [0.25, 0.3) is 0 Å². The molecule has 1 N–H and O–H groups in total. The van der Waals surface area contributed by atoms with Gasteiger partial charge in [0.15, 0.2) is 0 Å². The van der Waals surface area contributed by atoms with Crippen molar-refractivity contribution >= 4 is 33.2 Å². The van der Waals surface area contributed by atoms with E-state index in [9.17, 15) is 4.79 Å². The number of amides is 1. The first kappa shape index (κ1) is 15.0. The third-order valence-electron chi connectivity index (χ3n) is 2.52. The number of halogens is 1. The fourth-order valence-electron chi connectivity index (χ4n) is 1.58. The van der Waals surface area contributed by atoms with Crippen molar-refractivity contribution in [2.75, 3.05) is 6.61 Å². The highest BCUT2D eigenvalue weighted by Crippen LogP contribution is 2.17. The molecule has 106 valence electrons. The molecule has 4 nitrogen and oxygen atoms in total. The summed E-state index contributed by atoms with van der Waals surface area (Å²) < 4.78 is 6.47. The maximum atomic E-state index is 11.7. The van der Waals surface area contributed by atoms with Gasteiger partial charge in [0.25, 0.3) is 0 Å². The molecule has 0 aliphatic heterocycles. The minimum absolute atomic E-state index is 0.0222. The quantitative estimate of drug-likeness (QED) is 0.865. The summed E-state index contributed by atoms with van der Waals surface area (Å²) in [6.45, 7) is 2.84. The second-order valence-corrected chi connectivity index (χ2v) is 6.41. The minimum Gasteiger partial charge on any atom is -0.493 e. The van der Waals surface area contributed by atoms with Gasteiger partial charge in [-0.1, -0.05) is 22.0 Å². The number of benzene rings is 1. The van der Waals surface area contributed by atoms with Crippen LogP contribution in [0.15, 0.2) is 34.9 Å². The van der Waals surface area contributed by atoms with Crippen molar-refractivity contribution < 1.29 is 9.53 Å². The standard InChI is InChI=1S/C14H15BrN2O2S/c1-10-16-8-13(20-10)9-17-14(18)5-6-19-12-4-2-3-11(15)7-12/h2-4,7-8H,5-6,9H2,1H3,(H,17,18). The first-order chi connectivity index (χ1) is 9.63. The van der Waals surface area contributed by atoms with E-state index in [1.807, 2.05) is 31.2 Å². The number of nitrogens with one attached hydrogen (secondary N) is 1.